The predicted octanol–water partition coefficient (Wildman–Crippen LogP) is 2.64. The van der Waals surface area contributed by atoms with Crippen LogP contribution in [0, 0.1) is 5.82 Å². The summed E-state index contributed by atoms with van der Waals surface area (Å²) in [6.45, 7) is 1.83. The molecule has 0 amide bonds. The number of anilines is 2. The van der Waals surface area contributed by atoms with E-state index in [1.807, 2.05) is 6.92 Å². The number of aromatic nitrogens is 4. The Morgan fingerprint density at radius 2 is 2.10 bits per heavy atom. The maximum absolute atomic E-state index is 13.7. The maximum Gasteiger partial charge on any atom is 0.192 e. The first-order chi connectivity index (χ1) is 10.0. The van der Waals surface area contributed by atoms with Gasteiger partial charge in [-0.2, -0.15) is 0 Å². The highest BCUT2D eigenvalue weighted by atomic mass is 32.2. The summed E-state index contributed by atoms with van der Waals surface area (Å²) in [6.07, 6.45) is 1.55. The van der Waals surface area contributed by atoms with Crippen LogP contribution in [0.5, 0.6) is 0 Å². The van der Waals surface area contributed by atoms with Crippen molar-refractivity contribution in [2.45, 2.75) is 17.3 Å². The van der Waals surface area contributed by atoms with Crippen molar-refractivity contribution in [3.63, 3.8) is 0 Å². The smallest absolute Gasteiger partial charge is 0.192 e. The fraction of sp³-hybridized carbons (Fsp3) is 0.167. The molecule has 0 aliphatic rings. The van der Waals surface area contributed by atoms with Crippen molar-refractivity contribution in [3.8, 4) is 0 Å². The molecule has 6 nitrogen and oxygen atoms in total. The van der Waals surface area contributed by atoms with E-state index in [9.17, 15) is 4.39 Å². The highest BCUT2D eigenvalue weighted by Crippen LogP contribution is 2.35. The molecule has 108 valence electrons. The van der Waals surface area contributed by atoms with Crippen LogP contribution >= 0.6 is 23.1 Å². The lowest BCUT2D eigenvalue weighted by Gasteiger charge is -2.10. The molecule has 21 heavy (non-hydrogen) atoms. The van der Waals surface area contributed by atoms with Gasteiger partial charge in [0.1, 0.15) is 16.3 Å². The maximum atomic E-state index is 13.7. The third-order valence-corrected chi connectivity index (χ3v) is 4.60. The van der Waals surface area contributed by atoms with Gasteiger partial charge < -0.3 is 11.5 Å². The van der Waals surface area contributed by atoms with Crippen LogP contribution in [0.3, 0.4) is 0 Å². The molecular weight excluding hydrogens is 311 g/mol. The van der Waals surface area contributed by atoms with Gasteiger partial charge in [-0.05, 0) is 19.1 Å². The van der Waals surface area contributed by atoms with Gasteiger partial charge in [0.25, 0.3) is 0 Å². The number of thiazole rings is 1. The van der Waals surface area contributed by atoms with Gasteiger partial charge in [-0.3, -0.25) is 4.98 Å². The van der Waals surface area contributed by atoms with Crippen molar-refractivity contribution in [2.24, 2.45) is 0 Å². The molecule has 0 radical (unpaired) electrons. The summed E-state index contributed by atoms with van der Waals surface area (Å²) in [5, 5.41) is 0.554. The molecule has 0 fully saturated rings. The first-order valence-electron chi connectivity index (χ1n) is 6.01. The Kier molecular flexibility index (Phi) is 3.60. The normalized spacial score (nSPS) is 12.7. The number of nitrogens with zero attached hydrogens (tertiary/aromatic N) is 4. The number of thioether (sulfide) groups is 1. The van der Waals surface area contributed by atoms with Gasteiger partial charge >= 0.3 is 0 Å². The Hall–Kier alpha value is -2.00. The van der Waals surface area contributed by atoms with Crippen molar-refractivity contribution in [1.29, 1.82) is 0 Å². The van der Waals surface area contributed by atoms with Crippen LogP contribution in [0.1, 0.15) is 17.9 Å². The van der Waals surface area contributed by atoms with Gasteiger partial charge in [0, 0.05) is 6.20 Å². The van der Waals surface area contributed by atoms with Crippen molar-refractivity contribution in [1.82, 2.24) is 19.9 Å². The molecule has 0 aliphatic carbocycles. The van der Waals surface area contributed by atoms with E-state index in [-0.39, 0.29) is 11.1 Å². The molecule has 0 aliphatic heterocycles. The lowest BCUT2D eigenvalue weighted by atomic mass is 10.3. The summed E-state index contributed by atoms with van der Waals surface area (Å²) in [7, 11) is 0. The first-order valence-corrected chi connectivity index (χ1v) is 7.71. The Morgan fingerprint density at radius 3 is 2.86 bits per heavy atom. The fourth-order valence-electron chi connectivity index (χ4n) is 1.80. The van der Waals surface area contributed by atoms with Crippen LogP contribution in [0.4, 0.5) is 15.3 Å². The Bertz CT molecular complexity index is 806. The lowest BCUT2D eigenvalue weighted by molar-refractivity contribution is 0.600. The molecule has 3 rings (SSSR count). The summed E-state index contributed by atoms with van der Waals surface area (Å²) < 4.78 is 14.4. The van der Waals surface area contributed by atoms with Gasteiger partial charge in [-0.1, -0.05) is 23.1 Å². The van der Waals surface area contributed by atoms with E-state index in [1.54, 1.807) is 12.3 Å². The van der Waals surface area contributed by atoms with Crippen molar-refractivity contribution in [2.75, 3.05) is 11.5 Å². The second-order valence-electron chi connectivity index (χ2n) is 4.23. The SMILES string of the molecule is CC(Sc1nc(N)c2sc(N)nc2n1)c1ncccc1F. The van der Waals surface area contributed by atoms with E-state index in [1.165, 1.54) is 29.2 Å². The zero-order valence-corrected chi connectivity index (χ0v) is 12.6. The molecule has 0 saturated carbocycles. The number of halogens is 1. The molecule has 4 N–H and O–H groups in total. The number of hydrogen-bond donors (Lipinski definition) is 2. The minimum Gasteiger partial charge on any atom is -0.382 e. The van der Waals surface area contributed by atoms with E-state index >= 15 is 0 Å². The van der Waals surface area contributed by atoms with Crippen LogP contribution in [0.15, 0.2) is 23.5 Å². The van der Waals surface area contributed by atoms with Crippen LogP contribution in [0.25, 0.3) is 10.3 Å². The van der Waals surface area contributed by atoms with E-state index in [0.29, 0.717) is 32.1 Å². The number of fused-ring (bicyclic) bond motifs is 1. The van der Waals surface area contributed by atoms with Crippen LogP contribution < -0.4 is 11.5 Å². The Morgan fingerprint density at radius 1 is 1.29 bits per heavy atom. The monoisotopic (exact) mass is 322 g/mol. The molecule has 3 heterocycles. The molecule has 3 aromatic heterocycles. The van der Waals surface area contributed by atoms with Crippen molar-refractivity contribution in [3.05, 3.63) is 29.8 Å². The zero-order valence-electron chi connectivity index (χ0n) is 10.9. The number of nitrogen functional groups attached to an aromatic ring is 2. The van der Waals surface area contributed by atoms with Crippen LogP contribution in [-0.2, 0) is 0 Å². The summed E-state index contributed by atoms with van der Waals surface area (Å²) in [4.78, 5) is 16.6. The average molecular weight is 322 g/mol. The minimum absolute atomic E-state index is 0.251. The van der Waals surface area contributed by atoms with Gasteiger partial charge in [0.15, 0.2) is 15.9 Å². The topological polar surface area (TPSA) is 104 Å². The second-order valence-corrected chi connectivity index (χ2v) is 6.57. The first kappa shape index (κ1) is 14.0. The quantitative estimate of drug-likeness (QED) is 0.564. The van der Waals surface area contributed by atoms with E-state index in [2.05, 4.69) is 19.9 Å². The Balaban J connectivity index is 1.93. The van der Waals surface area contributed by atoms with E-state index in [0.717, 1.165) is 0 Å². The number of hydrogen-bond acceptors (Lipinski definition) is 8. The van der Waals surface area contributed by atoms with E-state index < -0.39 is 0 Å². The Labute approximate surface area is 127 Å². The minimum atomic E-state index is -0.357. The molecule has 0 spiro atoms. The predicted molar refractivity (Wildman–Crippen MR) is 82.5 cm³/mol. The lowest BCUT2D eigenvalue weighted by Crippen LogP contribution is -2.00. The van der Waals surface area contributed by atoms with Gasteiger partial charge in [0.2, 0.25) is 0 Å². The summed E-state index contributed by atoms with van der Waals surface area (Å²) >= 11 is 2.51. The molecule has 9 heteroatoms. The molecule has 1 unspecified atom stereocenters. The van der Waals surface area contributed by atoms with Crippen molar-refractivity contribution >= 4 is 44.4 Å². The highest BCUT2D eigenvalue weighted by Gasteiger charge is 2.17. The third-order valence-electron chi connectivity index (χ3n) is 2.73. The average Bonchev–Trinajstić information content (AvgIpc) is 2.80. The van der Waals surface area contributed by atoms with Crippen molar-refractivity contribution < 1.29 is 4.39 Å². The highest BCUT2D eigenvalue weighted by molar-refractivity contribution is 7.99. The fourth-order valence-corrected chi connectivity index (χ4v) is 3.37. The molecular formula is C12H11FN6S2. The molecule has 3 aromatic rings. The van der Waals surface area contributed by atoms with Gasteiger partial charge in [-0.15, -0.1) is 0 Å². The second kappa shape index (κ2) is 5.41. The number of nitrogens with two attached hydrogens (primary N) is 2. The van der Waals surface area contributed by atoms with Crippen LogP contribution in [-0.4, -0.2) is 19.9 Å². The zero-order chi connectivity index (χ0) is 15.0. The summed E-state index contributed by atoms with van der Waals surface area (Å²) in [6, 6.07) is 2.92. The largest absolute Gasteiger partial charge is 0.382 e. The third kappa shape index (κ3) is 2.74. The molecule has 0 bridgehead atoms. The standard InChI is InChI=1S/C12H11FN6S2/c1-5(7-6(13)3-2-4-16-7)20-12-17-9(14)8-10(19-12)18-11(15)21-8/h2-5H,1H3,(H4,14,15,17,18,19). The summed E-state index contributed by atoms with van der Waals surface area (Å²) in [5.74, 6) is -0.0326. The number of pyridine rings is 1. The van der Waals surface area contributed by atoms with E-state index in [4.69, 9.17) is 11.5 Å². The van der Waals surface area contributed by atoms with Gasteiger partial charge in [-0.25, -0.2) is 19.3 Å². The molecule has 1 atom stereocenters. The van der Waals surface area contributed by atoms with Crippen LogP contribution in [0.2, 0.25) is 0 Å². The molecule has 0 aromatic carbocycles. The summed E-state index contributed by atoms with van der Waals surface area (Å²) in [5.41, 5.74) is 12.3. The number of rotatable bonds is 3. The molecule has 0 saturated heterocycles. The van der Waals surface area contributed by atoms with Gasteiger partial charge in [0.05, 0.1) is 10.9 Å².